The fourth-order valence-electron chi connectivity index (χ4n) is 8.13. The molecular weight excluding hydrogens is 673 g/mol. The Morgan fingerprint density at radius 2 is 1.62 bits per heavy atom. The Morgan fingerprint density at radius 1 is 0.960 bits per heavy atom. The van der Waals surface area contributed by atoms with Crippen LogP contribution in [0.5, 0.6) is 5.75 Å². The van der Waals surface area contributed by atoms with E-state index in [4.69, 9.17) is 11.6 Å². The largest absolute Gasteiger partial charge is 0.506 e. The molecule has 0 bridgehead atoms. The number of amides is 2. The number of phenols is 1. The molecule has 4 aromatic rings. The third-order valence-electron chi connectivity index (χ3n) is 10.8. The summed E-state index contributed by atoms with van der Waals surface area (Å²) in [7, 11) is 0. The van der Waals surface area contributed by atoms with Gasteiger partial charge in [-0.05, 0) is 81.8 Å². The number of fused-ring (bicyclic) bond motifs is 3. The van der Waals surface area contributed by atoms with Crippen molar-refractivity contribution < 1.29 is 27.9 Å². The predicted octanol–water partition coefficient (Wildman–Crippen LogP) is 5.75. The lowest BCUT2D eigenvalue weighted by Crippen LogP contribution is -2.48. The average Bonchev–Trinajstić information content (AvgIpc) is 3.77. The number of pyridine rings is 1. The summed E-state index contributed by atoms with van der Waals surface area (Å²) < 4.78 is 42.9. The number of likely N-dealkylation sites (tertiary alicyclic amines) is 3. The molecule has 0 radical (unpaired) electrons. The second-order valence-corrected chi connectivity index (χ2v) is 14.2. The number of aromatic hydroxyl groups is 1. The van der Waals surface area contributed by atoms with Gasteiger partial charge in [0.2, 0.25) is 11.8 Å². The minimum absolute atomic E-state index is 0.122. The van der Waals surface area contributed by atoms with Gasteiger partial charge in [-0.1, -0.05) is 29.8 Å². The molecule has 0 aliphatic carbocycles. The van der Waals surface area contributed by atoms with Crippen LogP contribution in [0.4, 0.5) is 13.2 Å². The van der Waals surface area contributed by atoms with Crippen LogP contribution in [0, 0.1) is 5.92 Å². The van der Waals surface area contributed by atoms with Crippen LogP contribution in [-0.4, -0.2) is 91.5 Å². The lowest BCUT2D eigenvalue weighted by molar-refractivity contribution is -0.143. The van der Waals surface area contributed by atoms with Gasteiger partial charge in [-0.2, -0.15) is 13.2 Å². The second kappa shape index (κ2) is 13.9. The van der Waals surface area contributed by atoms with E-state index in [2.05, 4.69) is 14.9 Å². The third-order valence-corrected chi connectivity index (χ3v) is 11.1. The van der Waals surface area contributed by atoms with Gasteiger partial charge in [-0.15, -0.1) is 0 Å². The van der Waals surface area contributed by atoms with Gasteiger partial charge in [-0.3, -0.25) is 19.1 Å². The van der Waals surface area contributed by atoms with E-state index in [1.165, 1.54) is 18.9 Å². The first kappa shape index (κ1) is 34.4. The van der Waals surface area contributed by atoms with Gasteiger partial charge in [-0.25, -0.2) is 4.79 Å². The number of imidazole rings is 1. The van der Waals surface area contributed by atoms with Gasteiger partial charge in [0.1, 0.15) is 5.75 Å². The van der Waals surface area contributed by atoms with Crippen molar-refractivity contribution in [1.82, 2.24) is 29.2 Å². The molecule has 2 aromatic carbocycles. The minimum atomic E-state index is -4.85. The van der Waals surface area contributed by atoms with E-state index in [0.717, 1.165) is 42.9 Å². The van der Waals surface area contributed by atoms with Crippen LogP contribution < -0.4 is 5.69 Å². The molecule has 10 nitrogen and oxygen atoms in total. The maximum absolute atomic E-state index is 14.0. The molecule has 0 saturated carbocycles. The Hall–Kier alpha value is -4.10. The Bertz CT molecular complexity index is 1960. The molecule has 5 heterocycles. The number of hydrogen-bond acceptors (Lipinski definition) is 6. The maximum Gasteiger partial charge on any atom is 0.420 e. The van der Waals surface area contributed by atoms with Crippen LogP contribution in [0.15, 0.2) is 47.4 Å². The van der Waals surface area contributed by atoms with Crippen molar-refractivity contribution in [2.75, 3.05) is 39.3 Å². The van der Waals surface area contributed by atoms with Gasteiger partial charge < -0.3 is 24.8 Å². The molecule has 7 rings (SSSR count). The quantitative estimate of drug-likeness (QED) is 0.252. The summed E-state index contributed by atoms with van der Waals surface area (Å²) in [5.41, 5.74) is 0.792. The molecule has 266 valence electrons. The Labute approximate surface area is 291 Å². The number of carbonyl (C=O) groups excluding carboxylic acids is 2. The van der Waals surface area contributed by atoms with Crippen molar-refractivity contribution in [2.45, 2.75) is 69.6 Å². The van der Waals surface area contributed by atoms with Crippen LogP contribution in [0.3, 0.4) is 0 Å². The zero-order valence-electron chi connectivity index (χ0n) is 27.6. The van der Waals surface area contributed by atoms with E-state index < -0.39 is 28.4 Å². The number of benzene rings is 2. The van der Waals surface area contributed by atoms with E-state index in [-0.39, 0.29) is 42.0 Å². The number of nitrogens with one attached hydrogen (secondary N) is 1. The first-order valence-corrected chi connectivity index (χ1v) is 17.7. The van der Waals surface area contributed by atoms with Crippen molar-refractivity contribution >= 4 is 45.4 Å². The monoisotopic (exact) mass is 712 g/mol. The Balaban J connectivity index is 1.07. The lowest BCUT2D eigenvalue weighted by Gasteiger charge is -2.38. The zero-order valence-corrected chi connectivity index (χ0v) is 28.3. The molecule has 0 unspecified atom stereocenters. The van der Waals surface area contributed by atoms with E-state index in [1.807, 2.05) is 24.3 Å². The standard InChI is InChI=1S/C36H40ClF3N6O4/c37-28-19-22(18-27(33(28)48)36(38,39)40)17-23(34(49)45-15-7-24(8-16-45)43-11-3-4-12-43)20-31(47)44-13-9-25(10-14-44)46-30-21-41-29-6-2-1-5-26(29)32(30)42-35(46)50/h1-2,5-6,18-19,21,23-25,48H,3-4,7-17,20H2,(H,42,50)/t23-/m0/s1. The number of phenolic OH excluding ortho intramolecular Hbond substituents is 1. The fraction of sp³-hybridized carbons (Fsp3) is 0.500. The van der Waals surface area contributed by atoms with Crippen molar-refractivity contribution in [2.24, 2.45) is 5.92 Å². The van der Waals surface area contributed by atoms with Crippen LogP contribution in [0.25, 0.3) is 21.9 Å². The maximum atomic E-state index is 14.0. The van der Waals surface area contributed by atoms with Crippen molar-refractivity contribution in [1.29, 1.82) is 0 Å². The highest BCUT2D eigenvalue weighted by Gasteiger charge is 2.38. The van der Waals surface area contributed by atoms with Crippen molar-refractivity contribution in [3.05, 3.63) is 69.2 Å². The second-order valence-electron chi connectivity index (χ2n) is 13.8. The summed E-state index contributed by atoms with van der Waals surface area (Å²) in [4.78, 5) is 54.3. The number of aromatic amines is 1. The highest BCUT2D eigenvalue weighted by Crippen LogP contribution is 2.41. The van der Waals surface area contributed by atoms with Gasteiger partial charge in [0.15, 0.2) is 0 Å². The number of H-pyrrole nitrogens is 1. The summed E-state index contributed by atoms with van der Waals surface area (Å²) in [5, 5.41) is 10.4. The SMILES string of the molecule is O=C(C[C@H](Cc1cc(Cl)c(O)c(C(F)(F)F)c1)C(=O)N1CCC(N2CCCC2)CC1)N1CCC(n2c(=O)[nH]c3c4ccccc4ncc32)CC1. The molecule has 2 amide bonds. The van der Waals surface area contributed by atoms with E-state index >= 15 is 0 Å². The molecule has 3 saturated heterocycles. The number of hydrogen-bond donors (Lipinski definition) is 2. The Kier molecular flexibility index (Phi) is 9.55. The van der Waals surface area contributed by atoms with Gasteiger partial charge >= 0.3 is 11.9 Å². The lowest BCUT2D eigenvalue weighted by atomic mass is 9.91. The Morgan fingerprint density at radius 3 is 2.32 bits per heavy atom. The van der Waals surface area contributed by atoms with Gasteiger partial charge in [0.05, 0.1) is 39.3 Å². The summed E-state index contributed by atoms with van der Waals surface area (Å²) in [5.74, 6) is -2.52. The number of carbonyl (C=O) groups is 2. The molecule has 50 heavy (non-hydrogen) atoms. The molecule has 14 heteroatoms. The highest BCUT2D eigenvalue weighted by atomic mass is 35.5. The molecule has 3 fully saturated rings. The van der Waals surface area contributed by atoms with E-state index in [9.17, 15) is 32.7 Å². The first-order chi connectivity index (χ1) is 24.0. The molecule has 3 aliphatic heterocycles. The highest BCUT2D eigenvalue weighted by molar-refractivity contribution is 6.32. The smallest absolute Gasteiger partial charge is 0.420 e. The third kappa shape index (κ3) is 6.81. The van der Waals surface area contributed by atoms with Crippen LogP contribution in [0.1, 0.15) is 62.1 Å². The van der Waals surface area contributed by atoms with Crippen LogP contribution in [0.2, 0.25) is 5.02 Å². The zero-order chi connectivity index (χ0) is 35.2. The molecule has 0 spiro atoms. The minimum Gasteiger partial charge on any atom is -0.506 e. The van der Waals surface area contributed by atoms with E-state index in [0.29, 0.717) is 56.1 Å². The molecule has 2 N–H and O–H groups in total. The van der Waals surface area contributed by atoms with Crippen LogP contribution in [-0.2, 0) is 22.2 Å². The summed E-state index contributed by atoms with van der Waals surface area (Å²) in [6.07, 6.45) is 1.50. The number of alkyl halides is 3. The van der Waals surface area contributed by atoms with Gasteiger partial charge in [0.25, 0.3) is 0 Å². The van der Waals surface area contributed by atoms with Gasteiger partial charge in [0, 0.05) is 50.1 Å². The van der Waals surface area contributed by atoms with Crippen molar-refractivity contribution in [3.63, 3.8) is 0 Å². The number of aromatic nitrogens is 3. The average molecular weight is 713 g/mol. The normalized spacial score (nSPS) is 19.1. The van der Waals surface area contributed by atoms with Crippen molar-refractivity contribution in [3.8, 4) is 5.75 Å². The number of piperidine rings is 2. The molecule has 3 aliphatic rings. The first-order valence-electron chi connectivity index (χ1n) is 17.3. The predicted molar refractivity (Wildman–Crippen MR) is 183 cm³/mol. The number of rotatable bonds is 7. The topological polar surface area (TPSA) is 115 Å². The molecular formula is C36H40ClF3N6O4. The summed E-state index contributed by atoms with van der Waals surface area (Å²) in [6, 6.07) is 9.85. The summed E-state index contributed by atoms with van der Waals surface area (Å²) >= 11 is 6.02. The van der Waals surface area contributed by atoms with E-state index in [1.54, 1.807) is 20.6 Å². The number of nitrogens with zero attached hydrogens (tertiary/aromatic N) is 5. The number of halogens is 4. The number of para-hydroxylation sites is 1. The molecule has 2 aromatic heterocycles. The van der Waals surface area contributed by atoms with Crippen LogP contribution >= 0.6 is 11.6 Å². The summed E-state index contributed by atoms with van der Waals surface area (Å²) in [6.45, 7) is 3.86. The molecule has 1 atom stereocenters. The fourth-order valence-corrected chi connectivity index (χ4v) is 8.38.